The van der Waals surface area contributed by atoms with Gasteiger partial charge in [0.1, 0.15) is 10.8 Å². The third kappa shape index (κ3) is 2.99. The van der Waals surface area contributed by atoms with Crippen molar-refractivity contribution in [2.24, 2.45) is 0 Å². The van der Waals surface area contributed by atoms with E-state index in [9.17, 15) is 9.18 Å². The van der Waals surface area contributed by atoms with Crippen molar-refractivity contribution in [2.45, 2.75) is 26.4 Å². The van der Waals surface area contributed by atoms with Gasteiger partial charge in [-0.1, -0.05) is 29.8 Å². The second-order valence-corrected chi connectivity index (χ2v) is 5.04. The molecule has 0 saturated carbocycles. The fraction of sp³-hybridized carbons (Fsp3) is 0.286. The van der Waals surface area contributed by atoms with E-state index in [0.717, 1.165) is 0 Å². The van der Waals surface area contributed by atoms with Gasteiger partial charge >= 0.3 is 0 Å². The molecule has 0 atom stereocenters. The fourth-order valence-electron chi connectivity index (χ4n) is 1.77. The van der Waals surface area contributed by atoms with Gasteiger partial charge in [0.25, 0.3) is 5.56 Å². The Bertz CT molecular complexity index is 670. The van der Waals surface area contributed by atoms with Crippen LogP contribution in [0.25, 0.3) is 0 Å². The third-order valence-electron chi connectivity index (χ3n) is 2.86. The lowest BCUT2D eigenvalue weighted by Crippen LogP contribution is -2.25. The van der Waals surface area contributed by atoms with Gasteiger partial charge in [0, 0.05) is 12.1 Å². The van der Waals surface area contributed by atoms with Crippen LogP contribution in [0, 0.1) is 5.82 Å². The number of benzene rings is 1. The highest BCUT2D eigenvalue weighted by atomic mass is 35.5. The molecular formula is C14H15ClFN3O. The van der Waals surface area contributed by atoms with Gasteiger partial charge in [-0.15, -0.1) is 0 Å². The zero-order valence-electron chi connectivity index (χ0n) is 11.2. The number of hydrogen-bond acceptors (Lipinski definition) is 3. The van der Waals surface area contributed by atoms with E-state index in [4.69, 9.17) is 11.6 Å². The Morgan fingerprint density at radius 2 is 2.10 bits per heavy atom. The molecule has 0 saturated heterocycles. The molecule has 20 heavy (non-hydrogen) atoms. The summed E-state index contributed by atoms with van der Waals surface area (Å²) in [6, 6.07) is 6.35. The number of halogens is 2. The molecule has 106 valence electrons. The number of nitrogens with zero attached hydrogens (tertiary/aromatic N) is 2. The average molecular weight is 296 g/mol. The number of rotatable bonds is 4. The summed E-state index contributed by atoms with van der Waals surface area (Å²) in [4.78, 5) is 12.0. The molecule has 1 N–H and O–H groups in total. The molecule has 0 fully saturated rings. The zero-order chi connectivity index (χ0) is 14.7. The molecule has 0 aliphatic heterocycles. The lowest BCUT2D eigenvalue weighted by atomic mass is 10.2. The zero-order valence-corrected chi connectivity index (χ0v) is 12.0. The molecule has 0 spiro atoms. The molecule has 4 nitrogen and oxygen atoms in total. The summed E-state index contributed by atoms with van der Waals surface area (Å²) >= 11 is 6.02. The molecule has 2 rings (SSSR count). The molecule has 0 aliphatic carbocycles. The Morgan fingerprint density at radius 1 is 1.40 bits per heavy atom. The standard InChI is InChI=1S/C14H15ClFN3O/c1-9(2)19-14(20)13(15)12(8-18-19)17-7-10-5-3-4-6-11(10)16/h3-6,8-9,17H,7H2,1-2H3. The summed E-state index contributed by atoms with van der Waals surface area (Å²) in [6.07, 6.45) is 1.48. The van der Waals surface area contributed by atoms with E-state index in [1.54, 1.807) is 18.2 Å². The van der Waals surface area contributed by atoms with Crippen molar-refractivity contribution in [3.05, 3.63) is 57.2 Å². The minimum atomic E-state index is -0.361. The molecule has 6 heteroatoms. The van der Waals surface area contributed by atoms with E-state index in [2.05, 4.69) is 10.4 Å². The van der Waals surface area contributed by atoms with Gasteiger partial charge in [-0.25, -0.2) is 9.07 Å². The van der Waals surface area contributed by atoms with Crippen molar-refractivity contribution >= 4 is 17.3 Å². The molecule has 1 heterocycles. The van der Waals surface area contributed by atoms with Gasteiger partial charge in [-0.2, -0.15) is 5.10 Å². The first-order chi connectivity index (χ1) is 9.50. The fourth-order valence-corrected chi connectivity index (χ4v) is 1.97. The van der Waals surface area contributed by atoms with Crippen molar-refractivity contribution < 1.29 is 4.39 Å². The van der Waals surface area contributed by atoms with Gasteiger partial charge in [0.05, 0.1) is 17.9 Å². The Kier molecular flexibility index (Phi) is 4.39. The summed E-state index contributed by atoms with van der Waals surface area (Å²) < 4.78 is 14.8. The normalized spacial score (nSPS) is 10.8. The summed E-state index contributed by atoms with van der Waals surface area (Å²) in [5.41, 5.74) is 0.536. The van der Waals surface area contributed by atoms with Gasteiger partial charge in [-0.05, 0) is 19.9 Å². The molecule has 1 aromatic heterocycles. The first kappa shape index (κ1) is 14.5. The predicted octanol–water partition coefficient (Wildman–Crippen LogP) is 3.23. The smallest absolute Gasteiger partial charge is 0.287 e. The molecule has 0 amide bonds. The highest BCUT2D eigenvalue weighted by Crippen LogP contribution is 2.18. The minimum absolute atomic E-state index is 0.0602. The molecule has 1 aromatic carbocycles. The maximum absolute atomic E-state index is 13.5. The first-order valence-corrected chi connectivity index (χ1v) is 6.63. The second-order valence-electron chi connectivity index (χ2n) is 4.66. The van der Waals surface area contributed by atoms with Crippen LogP contribution >= 0.6 is 11.6 Å². The summed E-state index contributed by atoms with van der Waals surface area (Å²) in [6.45, 7) is 3.92. The van der Waals surface area contributed by atoms with E-state index in [0.29, 0.717) is 11.3 Å². The highest BCUT2D eigenvalue weighted by Gasteiger charge is 2.11. The Balaban J connectivity index is 2.21. The van der Waals surface area contributed by atoms with Crippen LogP contribution in [0.4, 0.5) is 10.1 Å². The van der Waals surface area contributed by atoms with E-state index in [-0.39, 0.29) is 29.0 Å². The lowest BCUT2D eigenvalue weighted by molar-refractivity contribution is 0.503. The maximum atomic E-state index is 13.5. The van der Waals surface area contributed by atoms with Crippen LogP contribution in [-0.4, -0.2) is 9.78 Å². The number of hydrogen-bond donors (Lipinski definition) is 1. The van der Waals surface area contributed by atoms with Crippen LogP contribution in [0.2, 0.25) is 5.02 Å². The molecule has 0 unspecified atom stereocenters. The monoisotopic (exact) mass is 295 g/mol. The van der Waals surface area contributed by atoms with Crippen LogP contribution < -0.4 is 10.9 Å². The second kappa shape index (κ2) is 6.05. The van der Waals surface area contributed by atoms with Gasteiger partial charge in [0.15, 0.2) is 0 Å². The first-order valence-electron chi connectivity index (χ1n) is 6.25. The largest absolute Gasteiger partial charge is 0.378 e. The van der Waals surface area contributed by atoms with Crippen molar-refractivity contribution in [1.29, 1.82) is 0 Å². The molecule has 2 aromatic rings. The van der Waals surface area contributed by atoms with E-state index >= 15 is 0 Å². The highest BCUT2D eigenvalue weighted by molar-refractivity contribution is 6.32. The van der Waals surface area contributed by atoms with Crippen molar-refractivity contribution in [1.82, 2.24) is 9.78 Å². The SMILES string of the molecule is CC(C)n1ncc(NCc2ccccc2F)c(Cl)c1=O. The Hall–Kier alpha value is -1.88. The summed E-state index contributed by atoms with van der Waals surface area (Å²) in [7, 11) is 0. The average Bonchev–Trinajstić information content (AvgIpc) is 2.41. The van der Waals surface area contributed by atoms with Crippen LogP contribution in [0.15, 0.2) is 35.3 Å². The number of nitrogens with one attached hydrogen (secondary N) is 1. The van der Waals surface area contributed by atoms with Gasteiger partial charge < -0.3 is 5.32 Å². The Labute approximate surface area is 121 Å². The molecular weight excluding hydrogens is 281 g/mol. The van der Waals surface area contributed by atoms with Crippen LogP contribution in [-0.2, 0) is 6.54 Å². The van der Waals surface area contributed by atoms with Gasteiger partial charge in [-0.3, -0.25) is 4.79 Å². The summed E-state index contributed by atoms with van der Waals surface area (Å²) in [5, 5.41) is 7.03. The third-order valence-corrected chi connectivity index (χ3v) is 3.23. The minimum Gasteiger partial charge on any atom is -0.378 e. The summed E-state index contributed by atoms with van der Waals surface area (Å²) in [5.74, 6) is -0.306. The van der Waals surface area contributed by atoms with Gasteiger partial charge in [0.2, 0.25) is 0 Å². The predicted molar refractivity (Wildman–Crippen MR) is 77.6 cm³/mol. The van der Waals surface area contributed by atoms with Crippen LogP contribution in [0.3, 0.4) is 0 Å². The molecule has 0 aliphatic rings. The molecule has 0 radical (unpaired) electrons. The van der Waals surface area contributed by atoms with Crippen LogP contribution in [0.1, 0.15) is 25.5 Å². The Morgan fingerprint density at radius 3 is 2.75 bits per heavy atom. The lowest BCUT2D eigenvalue weighted by Gasteiger charge is -2.12. The van der Waals surface area contributed by atoms with E-state index in [1.165, 1.54) is 16.9 Å². The number of anilines is 1. The topological polar surface area (TPSA) is 46.9 Å². The maximum Gasteiger partial charge on any atom is 0.287 e. The van der Waals surface area contributed by atoms with E-state index in [1.807, 2.05) is 13.8 Å². The molecule has 0 bridgehead atoms. The van der Waals surface area contributed by atoms with Crippen molar-refractivity contribution in [3.8, 4) is 0 Å². The van der Waals surface area contributed by atoms with E-state index < -0.39 is 0 Å². The van der Waals surface area contributed by atoms with Crippen LogP contribution in [0.5, 0.6) is 0 Å². The van der Waals surface area contributed by atoms with Crippen molar-refractivity contribution in [2.75, 3.05) is 5.32 Å². The quantitative estimate of drug-likeness (QED) is 0.942. The number of aromatic nitrogens is 2. The van der Waals surface area contributed by atoms with Crippen molar-refractivity contribution in [3.63, 3.8) is 0 Å².